The van der Waals surface area contributed by atoms with Crippen LogP contribution in [0.5, 0.6) is 0 Å². The van der Waals surface area contributed by atoms with Crippen molar-refractivity contribution in [3.05, 3.63) is 40.9 Å². The number of aromatic nitrogens is 1. The highest BCUT2D eigenvalue weighted by Crippen LogP contribution is 2.45. The molecule has 166 valence electrons. The molecule has 0 fully saturated rings. The minimum Gasteiger partial charge on any atom is -0.444 e. The maximum absolute atomic E-state index is 14.7. The van der Waals surface area contributed by atoms with Crippen molar-refractivity contribution < 1.29 is 22.3 Å². The summed E-state index contributed by atoms with van der Waals surface area (Å²) in [5, 5.41) is 1.35. The van der Waals surface area contributed by atoms with Gasteiger partial charge in [0.15, 0.2) is 9.84 Å². The summed E-state index contributed by atoms with van der Waals surface area (Å²) in [5.74, 6) is -0.969. The molecule has 1 aliphatic heterocycles. The van der Waals surface area contributed by atoms with Gasteiger partial charge in [-0.25, -0.2) is 18.2 Å². The van der Waals surface area contributed by atoms with Crippen molar-refractivity contribution in [3.63, 3.8) is 0 Å². The molecule has 10 heteroatoms. The Labute approximate surface area is 185 Å². The lowest BCUT2D eigenvalue weighted by Gasteiger charge is -2.44. The number of nitrogens with zero attached hydrogens (tertiary/aromatic N) is 2. The van der Waals surface area contributed by atoms with Gasteiger partial charge in [0.1, 0.15) is 21.7 Å². The highest BCUT2D eigenvalue weighted by molar-refractivity contribution is 9.10. The van der Waals surface area contributed by atoms with Crippen LogP contribution in [-0.4, -0.2) is 40.9 Å². The van der Waals surface area contributed by atoms with Crippen molar-refractivity contribution in [2.45, 2.75) is 69.1 Å². The van der Waals surface area contributed by atoms with Crippen molar-refractivity contribution in [3.8, 4) is 0 Å². The van der Waals surface area contributed by atoms with Crippen molar-refractivity contribution in [1.29, 1.82) is 0 Å². The summed E-state index contributed by atoms with van der Waals surface area (Å²) < 4.78 is 46.1. The summed E-state index contributed by atoms with van der Waals surface area (Å²) in [4.78, 5) is 20.7. The molecule has 1 aromatic rings. The van der Waals surface area contributed by atoms with Crippen LogP contribution in [0.1, 0.15) is 53.5 Å². The number of carbonyl (C=O) groups excluding carboxylic acids is 1. The topological polar surface area (TPSA) is 97.7 Å². The van der Waals surface area contributed by atoms with E-state index in [0.717, 1.165) is 0 Å². The van der Waals surface area contributed by atoms with Crippen molar-refractivity contribution in [2.75, 3.05) is 0 Å². The van der Waals surface area contributed by atoms with Crippen LogP contribution in [0.4, 0.5) is 9.18 Å². The average Bonchev–Trinajstić information content (AvgIpc) is 2.58. The highest BCUT2D eigenvalue weighted by Gasteiger charge is 2.57. The number of halogens is 2. The molecule has 30 heavy (non-hydrogen) atoms. The summed E-state index contributed by atoms with van der Waals surface area (Å²) in [7, 11) is -3.97. The number of ether oxygens (including phenoxy) is 1. The molecule has 2 atom stereocenters. The second kappa shape index (κ2) is 8.03. The number of rotatable bonds is 3. The minimum absolute atomic E-state index is 0.00807. The van der Waals surface area contributed by atoms with Gasteiger partial charge in [-0.1, -0.05) is 6.08 Å². The fraction of sp³-hybridized carbons (Fsp3) is 0.550. The number of carbonyl (C=O) groups is 1. The highest BCUT2D eigenvalue weighted by atomic mass is 79.9. The third-order valence-corrected chi connectivity index (χ3v) is 8.43. The fourth-order valence-corrected chi connectivity index (χ4v) is 5.91. The number of nitrogens with one attached hydrogen (secondary N) is 1. The molecule has 0 aliphatic carbocycles. The first-order valence-electron chi connectivity index (χ1n) is 9.32. The molecule has 0 aromatic carbocycles. The summed E-state index contributed by atoms with van der Waals surface area (Å²) in [6.45, 7) is 13.1. The molecule has 1 aromatic heterocycles. The molecule has 1 aliphatic rings. The van der Waals surface area contributed by atoms with Crippen molar-refractivity contribution in [2.24, 2.45) is 4.99 Å². The second-order valence-electron chi connectivity index (χ2n) is 8.80. The Balaban J connectivity index is 2.75. The van der Waals surface area contributed by atoms with E-state index in [0.29, 0.717) is 4.47 Å². The molecular formula is C20H27BrFN3O4S. The third kappa shape index (κ3) is 4.44. The molecule has 7 nitrogen and oxygen atoms in total. The predicted octanol–water partition coefficient (Wildman–Crippen LogP) is 4.27. The van der Waals surface area contributed by atoms with Crippen molar-refractivity contribution >= 4 is 37.7 Å². The van der Waals surface area contributed by atoms with Crippen LogP contribution < -0.4 is 5.32 Å². The van der Waals surface area contributed by atoms with E-state index in [1.165, 1.54) is 39.1 Å². The Kier molecular flexibility index (Phi) is 6.55. The zero-order valence-corrected chi connectivity index (χ0v) is 20.3. The van der Waals surface area contributed by atoms with E-state index < -0.39 is 43.0 Å². The first-order chi connectivity index (χ1) is 13.6. The van der Waals surface area contributed by atoms with Crippen LogP contribution in [0.2, 0.25) is 0 Å². The maximum Gasteiger partial charge on any atom is 0.413 e. The molecule has 0 saturated heterocycles. The van der Waals surface area contributed by atoms with E-state index in [1.807, 2.05) is 0 Å². The van der Waals surface area contributed by atoms with Gasteiger partial charge >= 0.3 is 6.09 Å². The second-order valence-corrected chi connectivity index (χ2v) is 12.4. The van der Waals surface area contributed by atoms with E-state index in [-0.39, 0.29) is 17.8 Å². The largest absolute Gasteiger partial charge is 0.444 e. The van der Waals surface area contributed by atoms with Crippen molar-refractivity contribution in [1.82, 2.24) is 10.3 Å². The van der Waals surface area contributed by atoms with E-state index in [2.05, 4.69) is 37.8 Å². The number of pyridine rings is 1. The zero-order chi connectivity index (χ0) is 23.1. The van der Waals surface area contributed by atoms with Gasteiger partial charge in [0.05, 0.1) is 5.25 Å². The SMILES string of the molecule is C=CC[C@@H]1[C@@](C)(c2cc(Br)cnc2F)N=C(NC(=O)OC(C)(C)C)C(C)(C)S1(=O)=O. The monoisotopic (exact) mass is 503 g/mol. The summed E-state index contributed by atoms with van der Waals surface area (Å²) in [5.41, 5.74) is -2.36. The standard InChI is InChI=1S/C20H27BrFN3O4S/c1-8-9-14-20(7,13-10-12(21)11-23-15(13)22)25-16(19(5,6)30(14,27)28)24-17(26)29-18(2,3)4/h8,10-11,14H,1,9H2,2-7H3,(H,24,25,26)/t14-,20-/m1/s1. The average molecular weight is 504 g/mol. The Hall–Kier alpha value is -1.81. The molecule has 0 saturated carbocycles. The maximum atomic E-state index is 14.7. The first-order valence-corrected chi connectivity index (χ1v) is 11.7. The molecule has 0 unspecified atom stereocenters. The number of aliphatic imine (C=N–C) groups is 1. The lowest BCUT2D eigenvalue weighted by Crippen LogP contribution is -2.62. The Morgan fingerprint density at radius 1 is 1.40 bits per heavy atom. The quantitative estimate of drug-likeness (QED) is 0.490. The van der Waals surface area contributed by atoms with Crippen LogP contribution in [-0.2, 0) is 20.1 Å². The third-order valence-electron chi connectivity index (χ3n) is 4.98. The van der Waals surface area contributed by atoms with Gasteiger partial charge in [0, 0.05) is 16.2 Å². The molecule has 0 bridgehead atoms. The van der Waals surface area contributed by atoms with E-state index in [4.69, 9.17) is 4.74 Å². The molecule has 1 N–H and O–H groups in total. The van der Waals surface area contributed by atoms with Crippen LogP contribution in [0.3, 0.4) is 0 Å². The van der Waals surface area contributed by atoms with E-state index in [1.54, 1.807) is 20.8 Å². The predicted molar refractivity (Wildman–Crippen MR) is 118 cm³/mol. The number of alkyl carbamates (subject to hydrolysis) is 1. The normalized spacial score (nSPS) is 25.2. The number of hydrogen-bond donors (Lipinski definition) is 1. The Morgan fingerprint density at radius 2 is 2.00 bits per heavy atom. The number of sulfone groups is 1. The summed E-state index contributed by atoms with van der Waals surface area (Å²) >= 11 is 3.25. The van der Waals surface area contributed by atoms with Gasteiger partial charge in [-0.3, -0.25) is 10.3 Å². The van der Waals surface area contributed by atoms with Gasteiger partial charge in [-0.2, -0.15) is 4.39 Å². The molecule has 2 rings (SSSR count). The Morgan fingerprint density at radius 3 is 2.53 bits per heavy atom. The summed E-state index contributed by atoms with van der Waals surface area (Å²) in [6.07, 6.45) is 1.93. The molecule has 0 spiro atoms. The number of hydrogen-bond acceptors (Lipinski definition) is 6. The van der Waals surface area contributed by atoms with Crippen LogP contribution in [0, 0.1) is 5.95 Å². The van der Waals surface area contributed by atoms with Gasteiger partial charge in [-0.15, -0.1) is 6.58 Å². The van der Waals surface area contributed by atoms with Crippen LogP contribution in [0.15, 0.2) is 34.4 Å². The number of amidine groups is 1. The molecule has 2 heterocycles. The summed E-state index contributed by atoms with van der Waals surface area (Å²) in [6, 6.07) is 1.45. The molecular weight excluding hydrogens is 477 g/mol. The minimum atomic E-state index is -3.97. The smallest absolute Gasteiger partial charge is 0.413 e. The Bertz CT molecular complexity index is 1000. The zero-order valence-electron chi connectivity index (χ0n) is 17.9. The van der Waals surface area contributed by atoms with Gasteiger partial charge < -0.3 is 4.74 Å². The number of amides is 1. The van der Waals surface area contributed by atoms with Gasteiger partial charge in [0.25, 0.3) is 0 Å². The lowest BCUT2D eigenvalue weighted by molar-refractivity contribution is 0.0560. The van der Waals surface area contributed by atoms with Crippen LogP contribution >= 0.6 is 15.9 Å². The van der Waals surface area contributed by atoms with E-state index in [9.17, 15) is 17.6 Å². The van der Waals surface area contributed by atoms with Gasteiger partial charge in [0.2, 0.25) is 5.95 Å². The van der Waals surface area contributed by atoms with E-state index >= 15 is 0 Å². The van der Waals surface area contributed by atoms with Crippen LogP contribution in [0.25, 0.3) is 0 Å². The number of allylic oxidation sites excluding steroid dienone is 1. The lowest BCUT2D eigenvalue weighted by atomic mass is 9.87. The molecule has 1 amide bonds. The molecule has 0 radical (unpaired) electrons. The fourth-order valence-electron chi connectivity index (χ4n) is 3.33. The van der Waals surface area contributed by atoms with Gasteiger partial charge in [-0.05, 0) is 70.0 Å². The first kappa shape index (κ1) is 24.5.